The second-order valence-corrected chi connectivity index (χ2v) is 6.16. The first kappa shape index (κ1) is 17.5. The monoisotopic (exact) mass is 372 g/mol. The van der Waals surface area contributed by atoms with Gasteiger partial charge in [0.25, 0.3) is 0 Å². The van der Waals surface area contributed by atoms with Crippen LogP contribution in [0.1, 0.15) is 22.0 Å². The Morgan fingerprint density at radius 3 is 2.22 bits per heavy atom. The van der Waals surface area contributed by atoms with Crippen LogP contribution >= 0.6 is 0 Å². The Labute approximate surface area is 156 Å². The lowest BCUT2D eigenvalue weighted by molar-refractivity contribution is 0.0952. The molecule has 2 heterocycles. The Morgan fingerprint density at radius 2 is 1.59 bits per heavy atom. The van der Waals surface area contributed by atoms with Crippen molar-refractivity contribution in [2.45, 2.75) is 12.2 Å². The van der Waals surface area contributed by atoms with Crippen molar-refractivity contribution in [1.29, 1.82) is 0 Å². The summed E-state index contributed by atoms with van der Waals surface area (Å²) in [6, 6.07) is 8.76. The van der Waals surface area contributed by atoms with Crippen molar-refractivity contribution in [3.8, 4) is 28.7 Å². The summed E-state index contributed by atoms with van der Waals surface area (Å²) in [5.41, 5.74) is 1.32. The Balaban J connectivity index is 1.56. The lowest BCUT2D eigenvalue weighted by atomic mass is 10.0. The quantitative estimate of drug-likeness (QED) is 0.570. The van der Waals surface area contributed by atoms with Crippen molar-refractivity contribution in [2.24, 2.45) is 0 Å². The molecule has 2 aromatic rings. The van der Waals surface area contributed by atoms with Crippen LogP contribution in [-0.2, 0) is 4.74 Å². The van der Waals surface area contributed by atoms with Crippen LogP contribution in [0, 0.1) is 0 Å². The Morgan fingerprint density at radius 1 is 0.926 bits per heavy atom. The number of methoxy groups -OCH3 is 3. The van der Waals surface area contributed by atoms with Gasteiger partial charge >= 0.3 is 0 Å². The number of epoxide rings is 1. The first-order chi connectivity index (χ1) is 13.2. The van der Waals surface area contributed by atoms with E-state index < -0.39 is 6.10 Å². The number of Topliss-reactive ketones (excluding diaryl/α,β-unsaturated/α-hetero) is 1. The van der Waals surface area contributed by atoms with E-state index in [2.05, 4.69) is 0 Å². The van der Waals surface area contributed by atoms with Crippen LogP contribution in [0.3, 0.4) is 0 Å². The lowest BCUT2D eigenvalue weighted by Crippen LogP contribution is -2.16. The molecule has 2 atom stereocenters. The van der Waals surface area contributed by atoms with Gasteiger partial charge in [0.2, 0.25) is 5.75 Å². The van der Waals surface area contributed by atoms with Crippen LogP contribution in [0.5, 0.6) is 28.7 Å². The first-order valence-corrected chi connectivity index (χ1v) is 8.55. The second-order valence-electron chi connectivity index (χ2n) is 6.16. The van der Waals surface area contributed by atoms with Gasteiger partial charge in [0.15, 0.2) is 34.9 Å². The van der Waals surface area contributed by atoms with Gasteiger partial charge in [0.1, 0.15) is 19.3 Å². The van der Waals surface area contributed by atoms with Crippen molar-refractivity contribution in [3.63, 3.8) is 0 Å². The predicted octanol–water partition coefficient (Wildman–Crippen LogP) is 2.81. The SMILES string of the molecule is COc1cc([C@H]2O[C@H]2C(=O)c2ccc3c(c2)OCCO3)cc(OC)c1OC. The standard InChI is InChI=1S/C20H20O7/c1-22-15-9-12(10-16(23-2)19(15)24-3)18-20(27-18)17(21)11-4-5-13-14(8-11)26-7-6-25-13/h4-5,8-10,18,20H,6-7H2,1-3H3/t18-,20+/m1/s1. The van der Waals surface area contributed by atoms with E-state index in [1.54, 1.807) is 51.7 Å². The number of carbonyl (C=O) groups is 1. The van der Waals surface area contributed by atoms with Crippen molar-refractivity contribution >= 4 is 5.78 Å². The highest BCUT2D eigenvalue weighted by Gasteiger charge is 2.47. The third-order valence-corrected chi connectivity index (χ3v) is 4.59. The summed E-state index contributed by atoms with van der Waals surface area (Å²) in [7, 11) is 4.64. The molecule has 0 saturated carbocycles. The zero-order valence-corrected chi connectivity index (χ0v) is 15.3. The molecule has 1 fully saturated rings. The molecule has 2 aromatic carbocycles. The zero-order valence-electron chi connectivity index (χ0n) is 15.3. The third kappa shape index (κ3) is 3.14. The molecule has 0 N–H and O–H groups in total. The molecule has 0 aromatic heterocycles. The van der Waals surface area contributed by atoms with E-state index in [0.29, 0.717) is 47.5 Å². The molecular formula is C20H20O7. The fourth-order valence-electron chi connectivity index (χ4n) is 3.19. The normalized spacial score (nSPS) is 20.0. The van der Waals surface area contributed by atoms with Gasteiger partial charge in [-0.05, 0) is 35.9 Å². The van der Waals surface area contributed by atoms with Gasteiger partial charge in [-0.25, -0.2) is 0 Å². The van der Waals surface area contributed by atoms with Crippen molar-refractivity contribution < 1.29 is 33.2 Å². The van der Waals surface area contributed by atoms with Gasteiger partial charge in [0.05, 0.1) is 21.3 Å². The molecule has 2 aliphatic rings. The number of hydrogen-bond acceptors (Lipinski definition) is 7. The van der Waals surface area contributed by atoms with E-state index in [-0.39, 0.29) is 11.9 Å². The van der Waals surface area contributed by atoms with E-state index in [0.717, 1.165) is 5.56 Å². The Kier molecular flexibility index (Phi) is 4.53. The Hall–Kier alpha value is -2.93. The summed E-state index contributed by atoms with van der Waals surface area (Å²) in [6.45, 7) is 0.980. The number of rotatable bonds is 6. The summed E-state index contributed by atoms with van der Waals surface area (Å²) in [6.07, 6.45) is -0.922. The highest BCUT2D eigenvalue weighted by atomic mass is 16.6. The van der Waals surface area contributed by atoms with Crippen LogP contribution in [0.15, 0.2) is 30.3 Å². The molecule has 7 nitrogen and oxygen atoms in total. The molecule has 0 aliphatic carbocycles. The van der Waals surface area contributed by atoms with Crippen molar-refractivity contribution in [2.75, 3.05) is 34.5 Å². The molecule has 142 valence electrons. The summed E-state index contributed by atoms with van der Waals surface area (Å²) in [5, 5.41) is 0. The van der Waals surface area contributed by atoms with E-state index in [9.17, 15) is 4.79 Å². The molecule has 27 heavy (non-hydrogen) atoms. The number of hydrogen-bond donors (Lipinski definition) is 0. The first-order valence-electron chi connectivity index (χ1n) is 8.55. The molecule has 7 heteroatoms. The van der Waals surface area contributed by atoms with Crippen molar-refractivity contribution in [1.82, 2.24) is 0 Å². The number of ether oxygens (including phenoxy) is 6. The molecular weight excluding hydrogens is 352 g/mol. The maximum absolute atomic E-state index is 12.8. The van der Waals surface area contributed by atoms with Crippen molar-refractivity contribution in [3.05, 3.63) is 41.5 Å². The smallest absolute Gasteiger partial charge is 0.203 e. The summed E-state index contributed by atoms with van der Waals surface area (Å²) in [5.74, 6) is 2.67. The molecule has 4 rings (SSSR count). The summed E-state index contributed by atoms with van der Waals surface area (Å²) in [4.78, 5) is 12.8. The topological polar surface area (TPSA) is 75.8 Å². The maximum Gasteiger partial charge on any atom is 0.203 e. The molecule has 2 aliphatic heterocycles. The highest BCUT2D eigenvalue weighted by Crippen LogP contribution is 2.47. The number of ketones is 1. The summed E-state index contributed by atoms with van der Waals surface area (Å²) < 4.78 is 32.8. The largest absolute Gasteiger partial charge is 0.493 e. The van der Waals surface area contributed by atoms with Gasteiger partial charge in [-0.3, -0.25) is 4.79 Å². The van der Waals surface area contributed by atoms with Crippen LogP contribution in [0.4, 0.5) is 0 Å². The van der Waals surface area contributed by atoms with Gasteiger partial charge in [-0.2, -0.15) is 0 Å². The van der Waals surface area contributed by atoms with E-state index in [1.807, 2.05) is 0 Å². The highest BCUT2D eigenvalue weighted by molar-refractivity contribution is 6.02. The average molecular weight is 372 g/mol. The molecule has 0 amide bonds. The number of fused-ring (bicyclic) bond motifs is 1. The lowest BCUT2D eigenvalue weighted by Gasteiger charge is -2.18. The minimum absolute atomic E-state index is 0.106. The molecule has 1 saturated heterocycles. The van der Waals surface area contributed by atoms with Crippen LogP contribution in [0.25, 0.3) is 0 Å². The van der Waals surface area contributed by atoms with Crippen LogP contribution < -0.4 is 23.7 Å². The number of carbonyl (C=O) groups excluding carboxylic acids is 1. The summed E-state index contributed by atoms with van der Waals surface area (Å²) >= 11 is 0. The van der Waals surface area contributed by atoms with Gasteiger partial charge in [-0.15, -0.1) is 0 Å². The fraction of sp³-hybridized carbons (Fsp3) is 0.350. The predicted molar refractivity (Wildman–Crippen MR) is 95.5 cm³/mol. The zero-order chi connectivity index (χ0) is 19.0. The Bertz CT molecular complexity index is 852. The van der Waals surface area contributed by atoms with E-state index >= 15 is 0 Å². The van der Waals surface area contributed by atoms with Crippen LogP contribution in [0.2, 0.25) is 0 Å². The van der Waals surface area contributed by atoms with E-state index in [1.165, 1.54) is 0 Å². The molecule has 0 spiro atoms. The maximum atomic E-state index is 12.8. The minimum atomic E-state index is -0.560. The molecule has 0 radical (unpaired) electrons. The van der Waals surface area contributed by atoms with E-state index in [4.69, 9.17) is 28.4 Å². The molecule has 0 bridgehead atoms. The van der Waals surface area contributed by atoms with Crippen LogP contribution in [-0.4, -0.2) is 46.4 Å². The second kappa shape index (κ2) is 7.00. The van der Waals surface area contributed by atoms with Gasteiger partial charge < -0.3 is 28.4 Å². The third-order valence-electron chi connectivity index (χ3n) is 4.59. The number of benzene rings is 2. The minimum Gasteiger partial charge on any atom is -0.493 e. The fourth-order valence-corrected chi connectivity index (χ4v) is 3.19. The molecule has 0 unspecified atom stereocenters. The average Bonchev–Trinajstić information content (AvgIpc) is 3.52. The van der Waals surface area contributed by atoms with Gasteiger partial charge in [0, 0.05) is 5.56 Å². The van der Waals surface area contributed by atoms with Gasteiger partial charge in [-0.1, -0.05) is 0 Å².